The molecule has 0 radical (unpaired) electrons. The van der Waals surface area contributed by atoms with E-state index in [0.29, 0.717) is 12.8 Å². The number of hydrogen-bond donors (Lipinski definition) is 2. The summed E-state index contributed by atoms with van der Waals surface area (Å²) in [6.07, 6.45) is 7.35. The van der Waals surface area contributed by atoms with Gasteiger partial charge in [0.2, 0.25) is 5.91 Å². The van der Waals surface area contributed by atoms with Gasteiger partial charge in [0, 0.05) is 19.4 Å². The fraction of sp³-hybridized carbons (Fsp3) is 0.462. The van der Waals surface area contributed by atoms with Crippen molar-refractivity contribution in [3.05, 3.63) is 22.4 Å². The monoisotopic (exact) mass is 251 g/mol. The molecule has 3 nitrogen and oxygen atoms in total. The Morgan fingerprint density at radius 1 is 1.59 bits per heavy atom. The first-order chi connectivity index (χ1) is 8.24. The molecular formula is C13H17NO2S. The molecule has 92 valence electrons. The van der Waals surface area contributed by atoms with Gasteiger partial charge in [-0.15, -0.1) is 12.3 Å². The highest BCUT2D eigenvalue weighted by Gasteiger charge is 2.09. The summed E-state index contributed by atoms with van der Waals surface area (Å²) in [6, 6.07) is 1.86. The Morgan fingerprint density at radius 3 is 3.06 bits per heavy atom. The Bertz CT molecular complexity index is 367. The van der Waals surface area contributed by atoms with Crippen LogP contribution in [0, 0.1) is 12.3 Å². The van der Waals surface area contributed by atoms with E-state index >= 15 is 0 Å². The van der Waals surface area contributed by atoms with Crippen molar-refractivity contribution in [2.75, 3.05) is 6.54 Å². The molecule has 1 rings (SSSR count). The lowest BCUT2D eigenvalue weighted by Gasteiger charge is -2.10. The smallest absolute Gasteiger partial charge is 0.220 e. The molecule has 0 saturated carbocycles. The Morgan fingerprint density at radius 2 is 2.41 bits per heavy atom. The highest BCUT2D eigenvalue weighted by molar-refractivity contribution is 7.07. The van der Waals surface area contributed by atoms with E-state index in [2.05, 4.69) is 11.2 Å². The minimum absolute atomic E-state index is 0.0312. The first-order valence-corrected chi connectivity index (χ1v) is 6.58. The minimum atomic E-state index is -0.615. The average Bonchev–Trinajstić information content (AvgIpc) is 2.85. The SMILES string of the molecule is C#CCCCCC(=O)NCC(O)c1ccsc1. The fourth-order valence-electron chi connectivity index (χ4n) is 1.39. The second kappa shape index (κ2) is 7.88. The Hall–Kier alpha value is -1.31. The van der Waals surface area contributed by atoms with Crippen LogP contribution in [0.5, 0.6) is 0 Å². The first kappa shape index (κ1) is 13.8. The molecule has 17 heavy (non-hydrogen) atoms. The van der Waals surface area contributed by atoms with Gasteiger partial charge in [0.1, 0.15) is 0 Å². The number of carbonyl (C=O) groups is 1. The maximum absolute atomic E-state index is 11.4. The molecule has 0 bridgehead atoms. The molecule has 0 spiro atoms. The molecule has 1 aromatic heterocycles. The molecule has 1 amide bonds. The Balaban J connectivity index is 2.13. The van der Waals surface area contributed by atoms with E-state index in [-0.39, 0.29) is 12.5 Å². The predicted molar refractivity (Wildman–Crippen MR) is 69.6 cm³/mol. The zero-order valence-electron chi connectivity index (χ0n) is 9.69. The zero-order valence-corrected chi connectivity index (χ0v) is 10.5. The van der Waals surface area contributed by atoms with E-state index < -0.39 is 6.10 Å². The average molecular weight is 251 g/mol. The molecule has 0 aliphatic carbocycles. The zero-order chi connectivity index (χ0) is 12.5. The third-order valence-corrected chi connectivity index (χ3v) is 3.10. The summed E-state index contributed by atoms with van der Waals surface area (Å²) in [4.78, 5) is 11.4. The number of carbonyl (C=O) groups excluding carboxylic acids is 1. The van der Waals surface area contributed by atoms with Gasteiger partial charge in [-0.25, -0.2) is 0 Å². The van der Waals surface area contributed by atoms with Crippen molar-refractivity contribution in [1.29, 1.82) is 0 Å². The molecule has 0 aliphatic rings. The molecule has 0 fully saturated rings. The van der Waals surface area contributed by atoms with Crippen LogP contribution in [0.2, 0.25) is 0 Å². The van der Waals surface area contributed by atoms with Crippen molar-refractivity contribution in [3.8, 4) is 12.3 Å². The van der Waals surface area contributed by atoms with E-state index in [9.17, 15) is 9.90 Å². The summed E-state index contributed by atoms with van der Waals surface area (Å²) >= 11 is 1.53. The summed E-state index contributed by atoms with van der Waals surface area (Å²) < 4.78 is 0. The number of hydrogen-bond acceptors (Lipinski definition) is 3. The maximum Gasteiger partial charge on any atom is 0.220 e. The van der Waals surface area contributed by atoms with Gasteiger partial charge in [0.15, 0.2) is 0 Å². The summed E-state index contributed by atoms with van der Waals surface area (Å²) in [5.41, 5.74) is 0.850. The third kappa shape index (κ3) is 5.53. The quantitative estimate of drug-likeness (QED) is 0.576. The summed E-state index contributed by atoms with van der Waals surface area (Å²) in [5.74, 6) is 2.51. The van der Waals surface area contributed by atoms with Crippen LogP contribution >= 0.6 is 11.3 Å². The number of aliphatic hydroxyl groups is 1. The van der Waals surface area contributed by atoms with E-state index in [1.807, 2.05) is 16.8 Å². The number of terminal acetylenes is 1. The van der Waals surface area contributed by atoms with Crippen LogP contribution in [0.3, 0.4) is 0 Å². The lowest BCUT2D eigenvalue weighted by molar-refractivity contribution is -0.121. The van der Waals surface area contributed by atoms with E-state index in [0.717, 1.165) is 18.4 Å². The lowest BCUT2D eigenvalue weighted by Crippen LogP contribution is -2.27. The summed E-state index contributed by atoms with van der Waals surface area (Å²) in [6.45, 7) is 0.269. The van der Waals surface area contributed by atoms with Crippen LogP contribution in [0.15, 0.2) is 16.8 Å². The van der Waals surface area contributed by atoms with Crippen molar-refractivity contribution in [3.63, 3.8) is 0 Å². The van der Waals surface area contributed by atoms with Gasteiger partial charge in [0.25, 0.3) is 0 Å². The van der Waals surface area contributed by atoms with Gasteiger partial charge in [0.05, 0.1) is 6.10 Å². The molecule has 2 N–H and O–H groups in total. The number of unbranched alkanes of at least 4 members (excludes halogenated alkanes) is 2. The van der Waals surface area contributed by atoms with Crippen molar-refractivity contribution in [2.24, 2.45) is 0 Å². The second-order valence-corrected chi connectivity index (χ2v) is 4.57. The highest BCUT2D eigenvalue weighted by Crippen LogP contribution is 2.15. The molecule has 1 unspecified atom stereocenters. The fourth-order valence-corrected chi connectivity index (χ4v) is 2.10. The van der Waals surface area contributed by atoms with Crippen LogP contribution in [-0.4, -0.2) is 17.6 Å². The van der Waals surface area contributed by atoms with Crippen LogP contribution in [0.4, 0.5) is 0 Å². The van der Waals surface area contributed by atoms with Crippen molar-refractivity contribution in [1.82, 2.24) is 5.32 Å². The second-order valence-electron chi connectivity index (χ2n) is 3.79. The Kier molecular flexibility index (Phi) is 6.38. The molecule has 1 atom stereocenters. The van der Waals surface area contributed by atoms with Crippen molar-refractivity contribution >= 4 is 17.2 Å². The molecule has 1 aromatic rings. The van der Waals surface area contributed by atoms with Gasteiger partial charge >= 0.3 is 0 Å². The van der Waals surface area contributed by atoms with Crippen LogP contribution in [0.25, 0.3) is 0 Å². The number of nitrogens with one attached hydrogen (secondary N) is 1. The van der Waals surface area contributed by atoms with E-state index in [1.54, 1.807) is 0 Å². The predicted octanol–water partition coefficient (Wildman–Crippen LogP) is 2.09. The third-order valence-electron chi connectivity index (χ3n) is 2.40. The van der Waals surface area contributed by atoms with Crippen molar-refractivity contribution in [2.45, 2.75) is 31.8 Å². The first-order valence-electron chi connectivity index (χ1n) is 5.64. The molecule has 4 heteroatoms. The van der Waals surface area contributed by atoms with Gasteiger partial charge < -0.3 is 10.4 Å². The molecule has 0 saturated heterocycles. The van der Waals surface area contributed by atoms with Gasteiger partial charge in [-0.05, 0) is 35.2 Å². The van der Waals surface area contributed by atoms with Crippen molar-refractivity contribution < 1.29 is 9.90 Å². The molecule has 0 aromatic carbocycles. The van der Waals surface area contributed by atoms with Gasteiger partial charge in [-0.1, -0.05) is 0 Å². The highest BCUT2D eigenvalue weighted by atomic mass is 32.1. The van der Waals surface area contributed by atoms with Crippen LogP contribution < -0.4 is 5.32 Å². The molecule has 0 aliphatic heterocycles. The topological polar surface area (TPSA) is 49.3 Å². The van der Waals surface area contributed by atoms with Crippen LogP contribution in [0.1, 0.15) is 37.4 Å². The van der Waals surface area contributed by atoms with Crippen LogP contribution in [-0.2, 0) is 4.79 Å². The largest absolute Gasteiger partial charge is 0.387 e. The lowest BCUT2D eigenvalue weighted by atomic mass is 10.1. The minimum Gasteiger partial charge on any atom is -0.387 e. The molecule has 1 heterocycles. The standard InChI is InChI=1S/C13H17NO2S/c1-2-3-4-5-6-13(16)14-9-12(15)11-7-8-17-10-11/h1,7-8,10,12,15H,3-6,9H2,(H,14,16). The number of amides is 1. The number of rotatable bonds is 7. The molecular weight excluding hydrogens is 234 g/mol. The van der Waals surface area contributed by atoms with E-state index in [1.165, 1.54) is 11.3 Å². The number of thiophene rings is 1. The summed E-state index contributed by atoms with van der Waals surface area (Å²) in [5, 5.41) is 16.2. The van der Waals surface area contributed by atoms with Gasteiger partial charge in [-0.3, -0.25) is 4.79 Å². The normalized spacial score (nSPS) is 11.8. The summed E-state index contributed by atoms with van der Waals surface area (Å²) in [7, 11) is 0. The number of aliphatic hydroxyl groups excluding tert-OH is 1. The van der Waals surface area contributed by atoms with E-state index in [4.69, 9.17) is 6.42 Å². The van der Waals surface area contributed by atoms with Gasteiger partial charge in [-0.2, -0.15) is 11.3 Å². The Labute approximate surface area is 106 Å². The maximum atomic E-state index is 11.4.